The number of esters is 1. The summed E-state index contributed by atoms with van der Waals surface area (Å²) in [7, 11) is 0. The molecule has 34 heavy (non-hydrogen) atoms. The normalized spacial score (nSPS) is 13.5. The smallest absolute Gasteiger partial charge is 0.341 e. The van der Waals surface area contributed by atoms with Crippen molar-refractivity contribution in [3.63, 3.8) is 0 Å². The topological polar surface area (TPSA) is 68.2 Å². The maximum Gasteiger partial charge on any atom is 0.341 e. The van der Waals surface area contributed by atoms with Gasteiger partial charge >= 0.3 is 5.97 Å². The first-order valence-electron chi connectivity index (χ1n) is 11.6. The predicted molar refractivity (Wildman–Crippen MR) is 144 cm³/mol. The lowest BCUT2D eigenvalue weighted by molar-refractivity contribution is 0.0526. The number of fused-ring (bicyclic) bond motifs is 1. The third-order valence-electron chi connectivity index (χ3n) is 5.85. The van der Waals surface area contributed by atoms with Crippen LogP contribution in [0.25, 0.3) is 0 Å². The van der Waals surface area contributed by atoms with Crippen LogP contribution in [-0.4, -0.2) is 27.5 Å². The Bertz CT molecular complexity index is 1170. The zero-order valence-corrected chi connectivity index (χ0v) is 21.8. The number of hydrogen-bond donors (Lipinski definition) is 2. The molecule has 2 N–H and O–H groups in total. The van der Waals surface area contributed by atoms with Crippen LogP contribution in [0.4, 0.5) is 10.8 Å². The van der Waals surface area contributed by atoms with E-state index in [2.05, 4.69) is 15.7 Å². The number of hydrogen-bond acceptors (Lipinski definition) is 5. The molecule has 0 spiro atoms. The van der Waals surface area contributed by atoms with Crippen molar-refractivity contribution < 1.29 is 9.53 Å². The van der Waals surface area contributed by atoms with E-state index in [0.29, 0.717) is 34.7 Å². The summed E-state index contributed by atoms with van der Waals surface area (Å²) in [5, 5.41) is 12.9. The van der Waals surface area contributed by atoms with Crippen LogP contribution in [0.2, 0.25) is 5.02 Å². The Morgan fingerprint density at radius 2 is 1.91 bits per heavy atom. The average Bonchev–Trinajstić information content (AvgIpc) is 3.28. The number of ether oxygens (including phenoxy) is 1. The summed E-state index contributed by atoms with van der Waals surface area (Å²) in [5.74, 6) is 0.366. The molecule has 6 nitrogen and oxygen atoms in total. The van der Waals surface area contributed by atoms with E-state index in [9.17, 15) is 4.79 Å². The number of nitrogens with zero attached hydrogens (tertiary/aromatic N) is 2. The van der Waals surface area contributed by atoms with Gasteiger partial charge in [-0.15, -0.1) is 11.3 Å². The number of thiophene rings is 1. The standard InChI is InChI=1S/C25H29ClN4O2S2/c1-3-32-24(31)22-19-8-6-4-5-7-9-20(19)34-23(22)28-25(33)27-21-14-16(2)30(29-21)15-17-10-12-18(26)13-11-17/h10-14H,3-9,15H2,1-2H3,(H2,27,28,29,33). The molecule has 2 heterocycles. The van der Waals surface area contributed by atoms with Gasteiger partial charge in [-0.2, -0.15) is 5.10 Å². The van der Waals surface area contributed by atoms with Gasteiger partial charge in [0.25, 0.3) is 0 Å². The van der Waals surface area contributed by atoms with Gasteiger partial charge in [-0.3, -0.25) is 4.68 Å². The highest BCUT2D eigenvalue weighted by Gasteiger charge is 2.25. The highest BCUT2D eigenvalue weighted by atomic mass is 35.5. The zero-order chi connectivity index (χ0) is 24.1. The lowest BCUT2D eigenvalue weighted by Gasteiger charge is -2.12. The van der Waals surface area contributed by atoms with Crippen LogP contribution in [-0.2, 0) is 24.1 Å². The molecular weight excluding hydrogens is 488 g/mol. The molecule has 3 aromatic rings. The number of carbonyl (C=O) groups is 1. The highest BCUT2D eigenvalue weighted by molar-refractivity contribution is 7.80. The van der Waals surface area contributed by atoms with Crippen LogP contribution >= 0.6 is 35.2 Å². The van der Waals surface area contributed by atoms with E-state index in [-0.39, 0.29) is 5.97 Å². The minimum Gasteiger partial charge on any atom is -0.462 e. The number of benzene rings is 1. The van der Waals surface area contributed by atoms with E-state index in [4.69, 9.17) is 28.6 Å². The summed E-state index contributed by atoms with van der Waals surface area (Å²) in [6, 6.07) is 9.68. The van der Waals surface area contributed by atoms with Crippen LogP contribution in [0.15, 0.2) is 30.3 Å². The molecule has 4 rings (SSSR count). The first-order chi connectivity index (χ1) is 16.4. The first kappa shape index (κ1) is 24.7. The maximum absolute atomic E-state index is 12.8. The van der Waals surface area contributed by atoms with Crippen molar-refractivity contribution in [2.75, 3.05) is 17.2 Å². The van der Waals surface area contributed by atoms with Crippen molar-refractivity contribution in [3.05, 3.63) is 62.6 Å². The van der Waals surface area contributed by atoms with E-state index in [0.717, 1.165) is 47.5 Å². The van der Waals surface area contributed by atoms with Gasteiger partial charge in [-0.05, 0) is 75.0 Å². The van der Waals surface area contributed by atoms with Gasteiger partial charge in [0.1, 0.15) is 5.00 Å². The van der Waals surface area contributed by atoms with Crippen molar-refractivity contribution in [1.82, 2.24) is 9.78 Å². The lowest BCUT2D eigenvalue weighted by Crippen LogP contribution is -2.21. The van der Waals surface area contributed by atoms with Gasteiger partial charge in [0.05, 0.1) is 18.7 Å². The Hall–Kier alpha value is -2.42. The molecule has 9 heteroatoms. The number of aromatic nitrogens is 2. The van der Waals surface area contributed by atoms with E-state index in [1.165, 1.54) is 17.7 Å². The monoisotopic (exact) mass is 516 g/mol. The maximum atomic E-state index is 12.8. The minimum atomic E-state index is -0.283. The van der Waals surface area contributed by atoms with Crippen molar-refractivity contribution >= 4 is 57.1 Å². The van der Waals surface area contributed by atoms with Crippen LogP contribution in [0.5, 0.6) is 0 Å². The second kappa shape index (κ2) is 11.3. The molecule has 0 amide bonds. The summed E-state index contributed by atoms with van der Waals surface area (Å²) in [5.41, 5.74) is 3.87. The van der Waals surface area contributed by atoms with Crippen LogP contribution in [0.1, 0.15) is 64.7 Å². The fraction of sp³-hybridized carbons (Fsp3) is 0.400. The van der Waals surface area contributed by atoms with E-state index >= 15 is 0 Å². The van der Waals surface area contributed by atoms with Gasteiger partial charge in [-0.25, -0.2) is 4.79 Å². The molecular formula is C25H29ClN4O2S2. The molecule has 0 saturated heterocycles. The molecule has 0 aliphatic heterocycles. The number of carbonyl (C=O) groups excluding carboxylic acids is 1. The Kier molecular flexibility index (Phi) is 8.24. The number of aryl methyl sites for hydroxylation is 2. The number of rotatable bonds is 6. The van der Waals surface area contributed by atoms with Gasteiger partial charge < -0.3 is 15.4 Å². The predicted octanol–water partition coefficient (Wildman–Crippen LogP) is 6.60. The number of halogens is 1. The third-order valence-corrected chi connectivity index (χ3v) is 7.51. The van der Waals surface area contributed by atoms with Gasteiger partial charge in [0, 0.05) is 21.7 Å². The summed E-state index contributed by atoms with van der Waals surface area (Å²) in [4.78, 5) is 14.1. The van der Waals surface area contributed by atoms with Gasteiger partial charge in [0.2, 0.25) is 0 Å². The molecule has 0 saturated carbocycles. The fourth-order valence-corrected chi connectivity index (χ4v) is 5.85. The SMILES string of the molecule is CCOC(=O)c1c(NC(=S)Nc2cc(C)n(Cc3ccc(Cl)cc3)n2)sc2c1CCCCCC2. The number of thiocarbonyl (C=S) groups is 1. The Labute approximate surface area is 214 Å². The van der Waals surface area contributed by atoms with E-state index in [1.54, 1.807) is 11.3 Å². The fourth-order valence-electron chi connectivity index (χ4n) is 4.17. The number of nitrogens with one attached hydrogen (secondary N) is 2. The summed E-state index contributed by atoms with van der Waals surface area (Å²) < 4.78 is 7.30. The van der Waals surface area contributed by atoms with Crippen molar-refractivity contribution in [1.29, 1.82) is 0 Å². The Morgan fingerprint density at radius 3 is 2.65 bits per heavy atom. The van der Waals surface area contributed by atoms with Crippen LogP contribution < -0.4 is 10.6 Å². The molecule has 180 valence electrons. The molecule has 1 aliphatic carbocycles. The van der Waals surface area contributed by atoms with Crippen LogP contribution in [0, 0.1) is 6.92 Å². The molecule has 0 atom stereocenters. The summed E-state index contributed by atoms with van der Waals surface area (Å²) >= 11 is 13.2. The molecule has 0 unspecified atom stereocenters. The second-order valence-corrected chi connectivity index (χ2v) is 10.3. The highest BCUT2D eigenvalue weighted by Crippen LogP contribution is 2.37. The summed E-state index contributed by atoms with van der Waals surface area (Å²) in [6.07, 6.45) is 6.54. The van der Waals surface area contributed by atoms with E-state index in [1.807, 2.05) is 48.9 Å². The molecule has 1 aromatic carbocycles. The van der Waals surface area contributed by atoms with Crippen molar-refractivity contribution in [2.45, 2.75) is 58.9 Å². The first-order valence-corrected chi connectivity index (χ1v) is 13.2. The summed E-state index contributed by atoms with van der Waals surface area (Å²) in [6.45, 7) is 4.81. The van der Waals surface area contributed by atoms with Crippen molar-refractivity contribution in [2.24, 2.45) is 0 Å². The largest absolute Gasteiger partial charge is 0.462 e. The van der Waals surface area contributed by atoms with Gasteiger partial charge in [0.15, 0.2) is 10.9 Å². The van der Waals surface area contributed by atoms with Gasteiger partial charge in [-0.1, -0.05) is 36.6 Å². The zero-order valence-electron chi connectivity index (χ0n) is 19.4. The Morgan fingerprint density at radius 1 is 1.18 bits per heavy atom. The third kappa shape index (κ3) is 5.98. The molecule has 2 aromatic heterocycles. The molecule has 0 bridgehead atoms. The van der Waals surface area contributed by atoms with Crippen LogP contribution in [0.3, 0.4) is 0 Å². The second-order valence-electron chi connectivity index (χ2n) is 8.38. The van der Waals surface area contributed by atoms with E-state index < -0.39 is 0 Å². The minimum absolute atomic E-state index is 0.283. The Balaban J connectivity index is 1.50. The number of anilines is 2. The lowest BCUT2D eigenvalue weighted by atomic mass is 9.96. The molecule has 0 radical (unpaired) electrons. The molecule has 1 aliphatic rings. The molecule has 0 fully saturated rings. The van der Waals surface area contributed by atoms with Crippen molar-refractivity contribution in [3.8, 4) is 0 Å². The average molecular weight is 517 g/mol. The quantitative estimate of drug-likeness (QED) is 0.284.